The summed E-state index contributed by atoms with van der Waals surface area (Å²) in [5.41, 5.74) is 7.51. The standard InChI is InChI=1S/C14H17F2N3O2/c15-14(16,8-20)7-19-13(21)11(17)5-9-6-18-12-4-2-1-3-10(9)12/h1-4,6,11,18,20H,5,7-8,17H2,(H,19,21)/t11-/m1/s1. The second kappa shape index (κ2) is 6.19. The zero-order chi connectivity index (χ0) is 15.5. The summed E-state index contributed by atoms with van der Waals surface area (Å²) in [7, 11) is 0. The number of carbonyl (C=O) groups is 1. The molecule has 1 amide bonds. The topological polar surface area (TPSA) is 91.1 Å². The maximum absolute atomic E-state index is 12.9. The zero-order valence-electron chi connectivity index (χ0n) is 11.3. The van der Waals surface area contributed by atoms with Crippen LogP contribution in [0.4, 0.5) is 8.78 Å². The second-order valence-electron chi connectivity index (χ2n) is 4.90. The van der Waals surface area contributed by atoms with Crippen molar-refractivity contribution in [1.29, 1.82) is 0 Å². The first-order chi connectivity index (χ1) is 9.93. The predicted octanol–water partition coefficient (Wildman–Crippen LogP) is 0.781. The molecule has 7 heteroatoms. The molecule has 1 heterocycles. The summed E-state index contributed by atoms with van der Waals surface area (Å²) in [5, 5.41) is 11.4. The van der Waals surface area contributed by atoms with Crippen LogP contribution in [0.3, 0.4) is 0 Å². The van der Waals surface area contributed by atoms with E-state index < -0.39 is 31.0 Å². The lowest BCUT2D eigenvalue weighted by atomic mass is 10.1. The molecular formula is C14H17F2N3O2. The van der Waals surface area contributed by atoms with Gasteiger partial charge >= 0.3 is 0 Å². The van der Waals surface area contributed by atoms with E-state index in [1.807, 2.05) is 29.6 Å². The first-order valence-electron chi connectivity index (χ1n) is 6.50. The minimum atomic E-state index is -3.34. The van der Waals surface area contributed by atoms with E-state index in [1.165, 1.54) is 0 Å². The smallest absolute Gasteiger partial charge is 0.287 e. The van der Waals surface area contributed by atoms with E-state index >= 15 is 0 Å². The van der Waals surface area contributed by atoms with E-state index in [4.69, 9.17) is 10.8 Å². The van der Waals surface area contributed by atoms with Gasteiger partial charge in [-0.3, -0.25) is 4.79 Å². The Morgan fingerprint density at radius 2 is 2.14 bits per heavy atom. The van der Waals surface area contributed by atoms with Gasteiger partial charge in [-0.1, -0.05) is 18.2 Å². The third-order valence-corrected chi connectivity index (χ3v) is 3.20. The van der Waals surface area contributed by atoms with Gasteiger partial charge in [0, 0.05) is 17.1 Å². The number of H-pyrrole nitrogens is 1. The van der Waals surface area contributed by atoms with E-state index in [0.717, 1.165) is 16.5 Å². The molecule has 0 aliphatic rings. The molecule has 0 radical (unpaired) electrons. The number of amides is 1. The molecule has 0 saturated carbocycles. The molecule has 0 saturated heterocycles. The van der Waals surface area contributed by atoms with Crippen molar-refractivity contribution in [3.63, 3.8) is 0 Å². The van der Waals surface area contributed by atoms with Crippen molar-refractivity contribution in [3.05, 3.63) is 36.0 Å². The number of nitrogens with two attached hydrogens (primary N) is 1. The molecular weight excluding hydrogens is 280 g/mol. The van der Waals surface area contributed by atoms with Crippen LogP contribution in [0.25, 0.3) is 10.9 Å². The van der Waals surface area contributed by atoms with Crippen LogP contribution in [-0.4, -0.2) is 41.1 Å². The predicted molar refractivity (Wildman–Crippen MR) is 75.0 cm³/mol. The lowest BCUT2D eigenvalue weighted by molar-refractivity contribution is -0.125. The molecule has 0 unspecified atom stereocenters. The van der Waals surface area contributed by atoms with Gasteiger partial charge in [-0.25, -0.2) is 8.78 Å². The number of aromatic nitrogens is 1. The molecule has 5 nitrogen and oxygen atoms in total. The summed E-state index contributed by atoms with van der Waals surface area (Å²) < 4.78 is 25.7. The number of hydrogen-bond acceptors (Lipinski definition) is 3. The highest BCUT2D eigenvalue weighted by molar-refractivity contribution is 5.86. The largest absolute Gasteiger partial charge is 0.390 e. The number of nitrogens with one attached hydrogen (secondary N) is 2. The van der Waals surface area contributed by atoms with Crippen LogP contribution in [-0.2, 0) is 11.2 Å². The van der Waals surface area contributed by atoms with Gasteiger partial charge in [0.25, 0.3) is 5.92 Å². The number of benzene rings is 1. The maximum Gasteiger partial charge on any atom is 0.287 e. The zero-order valence-corrected chi connectivity index (χ0v) is 11.3. The molecule has 0 fully saturated rings. The van der Waals surface area contributed by atoms with Crippen molar-refractivity contribution in [1.82, 2.24) is 10.3 Å². The molecule has 5 N–H and O–H groups in total. The lowest BCUT2D eigenvalue weighted by Gasteiger charge is -2.16. The van der Waals surface area contributed by atoms with Gasteiger partial charge in [-0.05, 0) is 18.1 Å². The fourth-order valence-electron chi connectivity index (χ4n) is 2.03. The normalized spacial score (nSPS) is 13.3. The number of aliphatic hydroxyl groups excluding tert-OH is 1. The maximum atomic E-state index is 12.9. The van der Waals surface area contributed by atoms with E-state index in [1.54, 1.807) is 6.20 Å². The fourth-order valence-corrected chi connectivity index (χ4v) is 2.03. The monoisotopic (exact) mass is 297 g/mol. The Labute approximate surface area is 120 Å². The number of rotatable bonds is 6. The molecule has 0 bridgehead atoms. The van der Waals surface area contributed by atoms with E-state index in [0.29, 0.717) is 0 Å². The Morgan fingerprint density at radius 1 is 1.43 bits per heavy atom. The lowest BCUT2D eigenvalue weighted by Crippen LogP contribution is -2.47. The van der Waals surface area contributed by atoms with Gasteiger partial charge < -0.3 is 21.1 Å². The van der Waals surface area contributed by atoms with Crippen molar-refractivity contribution in [2.45, 2.75) is 18.4 Å². The summed E-state index contributed by atoms with van der Waals surface area (Å²) >= 11 is 0. The van der Waals surface area contributed by atoms with Crippen molar-refractivity contribution < 1.29 is 18.7 Å². The molecule has 1 aromatic carbocycles. The minimum Gasteiger partial charge on any atom is -0.390 e. The van der Waals surface area contributed by atoms with Crippen molar-refractivity contribution >= 4 is 16.8 Å². The molecule has 1 aromatic heterocycles. The number of hydrogen-bond donors (Lipinski definition) is 4. The number of alkyl halides is 2. The third kappa shape index (κ3) is 3.77. The van der Waals surface area contributed by atoms with Crippen molar-refractivity contribution in [2.24, 2.45) is 5.73 Å². The minimum absolute atomic E-state index is 0.237. The highest BCUT2D eigenvalue weighted by atomic mass is 19.3. The molecule has 114 valence electrons. The molecule has 21 heavy (non-hydrogen) atoms. The van der Waals surface area contributed by atoms with Crippen LogP contribution in [0, 0.1) is 0 Å². The highest BCUT2D eigenvalue weighted by Crippen LogP contribution is 2.18. The molecule has 0 aliphatic carbocycles. The van der Waals surface area contributed by atoms with Gasteiger partial charge in [0.05, 0.1) is 12.6 Å². The van der Waals surface area contributed by atoms with Gasteiger partial charge in [-0.2, -0.15) is 0 Å². The van der Waals surface area contributed by atoms with Crippen molar-refractivity contribution in [3.8, 4) is 0 Å². The number of para-hydroxylation sites is 1. The number of aliphatic hydroxyl groups is 1. The number of aromatic amines is 1. The van der Waals surface area contributed by atoms with Gasteiger partial charge in [0.1, 0.15) is 6.61 Å². The van der Waals surface area contributed by atoms with Crippen LogP contribution in [0.2, 0.25) is 0 Å². The van der Waals surface area contributed by atoms with Gasteiger partial charge in [-0.15, -0.1) is 0 Å². The fraction of sp³-hybridized carbons (Fsp3) is 0.357. The average Bonchev–Trinajstić information content (AvgIpc) is 2.88. The summed E-state index contributed by atoms with van der Waals surface area (Å²) in [6.45, 7) is -2.24. The molecule has 0 spiro atoms. The summed E-state index contributed by atoms with van der Waals surface area (Å²) in [6, 6.07) is 6.61. The van der Waals surface area contributed by atoms with Gasteiger partial charge in [0.15, 0.2) is 0 Å². The van der Waals surface area contributed by atoms with Crippen LogP contribution >= 0.6 is 0 Å². The Kier molecular flexibility index (Phi) is 4.54. The summed E-state index contributed by atoms with van der Waals surface area (Å²) in [4.78, 5) is 14.8. The van der Waals surface area contributed by atoms with E-state index in [2.05, 4.69) is 4.98 Å². The summed E-state index contributed by atoms with van der Waals surface area (Å²) in [6.07, 6.45) is 1.99. The molecule has 0 aliphatic heterocycles. The Hall–Kier alpha value is -1.99. The first-order valence-corrected chi connectivity index (χ1v) is 6.50. The number of fused-ring (bicyclic) bond motifs is 1. The van der Waals surface area contributed by atoms with Gasteiger partial charge in [0.2, 0.25) is 5.91 Å². The van der Waals surface area contributed by atoms with Crippen LogP contribution < -0.4 is 11.1 Å². The second-order valence-corrected chi connectivity index (χ2v) is 4.90. The van der Waals surface area contributed by atoms with Crippen LogP contribution in [0.5, 0.6) is 0 Å². The highest BCUT2D eigenvalue weighted by Gasteiger charge is 2.29. The SMILES string of the molecule is N[C@H](Cc1c[nH]c2ccccc12)C(=O)NCC(F)(F)CO. The van der Waals surface area contributed by atoms with Crippen LogP contribution in [0.15, 0.2) is 30.5 Å². The quantitative estimate of drug-likeness (QED) is 0.635. The van der Waals surface area contributed by atoms with Crippen molar-refractivity contribution in [2.75, 3.05) is 13.2 Å². The molecule has 2 aromatic rings. The number of halogens is 2. The Morgan fingerprint density at radius 3 is 2.86 bits per heavy atom. The summed E-state index contributed by atoms with van der Waals surface area (Å²) in [5.74, 6) is -4.01. The average molecular weight is 297 g/mol. The third-order valence-electron chi connectivity index (χ3n) is 3.20. The first kappa shape index (κ1) is 15.4. The Bertz CT molecular complexity index is 627. The van der Waals surface area contributed by atoms with E-state index in [9.17, 15) is 13.6 Å². The number of carbonyl (C=O) groups excluding carboxylic acids is 1. The van der Waals surface area contributed by atoms with E-state index in [-0.39, 0.29) is 6.42 Å². The molecule has 2 rings (SSSR count). The van der Waals surface area contributed by atoms with Crippen LogP contribution in [0.1, 0.15) is 5.56 Å². The molecule has 1 atom stereocenters. The Balaban J connectivity index is 1.98.